The van der Waals surface area contributed by atoms with Crippen molar-refractivity contribution in [3.05, 3.63) is 29.6 Å². The molecule has 0 unspecified atom stereocenters. The largest absolute Gasteiger partial charge is 0.481 e. The number of carboxylic acids is 1. The van der Waals surface area contributed by atoms with Crippen LogP contribution in [0.4, 0.5) is 4.39 Å². The molecule has 1 saturated heterocycles. The fraction of sp³-hybridized carbons (Fsp3) is 0.364. The first-order valence-corrected chi connectivity index (χ1v) is 6.78. The highest BCUT2D eigenvalue weighted by molar-refractivity contribution is 7.92. The van der Waals surface area contributed by atoms with Crippen LogP contribution >= 0.6 is 0 Å². The molecule has 0 aromatic heterocycles. The van der Waals surface area contributed by atoms with Crippen LogP contribution in [0.5, 0.6) is 0 Å². The topological polar surface area (TPSA) is 80.7 Å². The van der Waals surface area contributed by atoms with Gasteiger partial charge in [-0.3, -0.25) is 4.79 Å². The van der Waals surface area contributed by atoms with Crippen molar-refractivity contribution in [3.63, 3.8) is 0 Å². The Morgan fingerprint density at radius 2 is 2.11 bits per heavy atom. The van der Waals surface area contributed by atoms with Gasteiger partial charge in [-0.15, -0.1) is 0 Å². The third-order valence-electron chi connectivity index (χ3n) is 2.70. The number of carbonyl (C=O) groups is 1. The number of ether oxygens (including phenoxy) is 1. The Labute approximate surface area is 103 Å². The standard InChI is InChI=1S/C11H11FO5S/c12-9-3-7(4-11(13)14)1-2-10(9)18(15,16)8-5-17-6-8/h1-3,8H,4-6H2,(H,13,14). The molecule has 1 heterocycles. The molecule has 1 aliphatic rings. The predicted molar refractivity (Wildman–Crippen MR) is 59.5 cm³/mol. The van der Waals surface area contributed by atoms with E-state index in [1.165, 1.54) is 6.07 Å². The minimum absolute atomic E-state index is 0.0681. The number of benzene rings is 1. The van der Waals surface area contributed by atoms with E-state index in [2.05, 4.69) is 0 Å². The molecule has 0 aliphatic carbocycles. The van der Waals surface area contributed by atoms with Crippen molar-refractivity contribution < 1.29 is 27.4 Å². The third-order valence-corrected chi connectivity index (χ3v) is 4.80. The van der Waals surface area contributed by atoms with Crippen molar-refractivity contribution in [1.29, 1.82) is 0 Å². The Bertz CT molecular complexity index is 577. The van der Waals surface area contributed by atoms with Crippen molar-refractivity contribution >= 4 is 15.8 Å². The Kier molecular flexibility index (Phi) is 3.36. The smallest absolute Gasteiger partial charge is 0.307 e. The molecule has 2 rings (SSSR count). The first-order valence-electron chi connectivity index (χ1n) is 5.23. The van der Waals surface area contributed by atoms with Crippen LogP contribution in [0.3, 0.4) is 0 Å². The van der Waals surface area contributed by atoms with E-state index in [0.29, 0.717) is 0 Å². The quantitative estimate of drug-likeness (QED) is 0.870. The van der Waals surface area contributed by atoms with Crippen molar-refractivity contribution in [3.8, 4) is 0 Å². The molecule has 0 amide bonds. The maximum absolute atomic E-state index is 13.7. The lowest BCUT2D eigenvalue weighted by atomic mass is 10.1. The van der Waals surface area contributed by atoms with Gasteiger partial charge in [0, 0.05) is 0 Å². The fourth-order valence-corrected chi connectivity index (χ4v) is 3.13. The second-order valence-electron chi connectivity index (χ2n) is 4.04. The van der Waals surface area contributed by atoms with Crippen molar-refractivity contribution in [2.75, 3.05) is 13.2 Å². The van der Waals surface area contributed by atoms with Gasteiger partial charge in [-0.05, 0) is 17.7 Å². The molecule has 1 fully saturated rings. The average Bonchev–Trinajstić information content (AvgIpc) is 2.11. The van der Waals surface area contributed by atoms with Crippen LogP contribution in [0, 0.1) is 5.82 Å². The predicted octanol–water partition coefficient (Wildman–Crippen LogP) is 0.625. The lowest BCUT2D eigenvalue weighted by Crippen LogP contribution is -2.40. The summed E-state index contributed by atoms with van der Waals surface area (Å²) in [7, 11) is -3.73. The number of sulfone groups is 1. The van der Waals surface area contributed by atoms with Gasteiger partial charge in [0.05, 0.1) is 19.6 Å². The molecular formula is C11H11FO5S. The lowest BCUT2D eigenvalue weighted by molar-refractivity contribution is -0.136. The van der Waals surface area contributed by atoms with Gasteiger partial charge in [-0.2, -0.15) is 0 Å². The van der Waals surface area contributed by atoms with Crippen LogP contribution in [0.2, 0.25) is 0 Å². The minimum atomic E-state index is -3.73. The van der Waals surface area contributed by atoms with Gasteiger partial charge >= 0.3 is 5.97 Å². The summed E-state index contributed by atoms with van der Waals surface area (Å²) in [5.74, 6) is -2.02. The van der Waals surface area contributed by atoms with Gasteiger partial charge in [-0.25, -0.2) is 12.8 Å². The Morgan fingerprint density at radius 1 is 1.44 bits per heavy atom. The summed E-state index contributed by atoms with van der Waals surface area (Å²) in [6, 6.07) is 3.37. The highest BCUT2D eigenvalue weighted by Gasteiger charge is 2.35. The SMILES string of the molecule is O=C(O)Cc1ccc(S(=O)(=O)C2COC2)c(F)c1. The van der Waals surface area contributed by atoms with Gasteiger partial charge in [-0.1, -0.05) is 6.07 Å². The first-order chi connectivity index (χ1) is 8.41. The zero-order valence-corrected chi connectivity index (χ0v) is 10.1. The van der Waals surface area contributed by atoms with Crippen LogP contribution in [0.25, 0.3) is 0 Å². The van der Waals surface area contributed by atoms with E-state index in [-0.39, 0.29) is 25.2 Å². The van der Waals surface area contributed by atoms with E-state index in [9.17, 15) is 17.6 Å². The molecule has 98 valence electrons. The van der Waals surface area contributed by atoms with Crippen LogP contribution in [-0.4, -0.2) is 38.0 Å². The van der Waals surface area contributed by atoms with E-state index in [1.54, 1.807) is 0 Å². The normalized spacial score (nSPS) is 16.3. The van der Waals surface area contributed by atoms with Gasteiger partial charge in [0.2, 0.25) is 0 Å². The molecule has 18 heavy (non-hydrogen) atoms. The number of hydrogen-bond donors (Lipinski definition) is 1. The van der Waals surface area contributed by atoms with E-state index in [4.69, 9.17) is 9.84 Å². The molecule has 7 heteroatoms. The molecular weight excluding hydrogens is 263 g/mol. The summed E-state index contributed by atoms with van der Waals surface area (Å²) in [6.07, 6.45) is -0.343. The number of halogens is 1. The maximum atomic E-state index is 13.7. The van der Waals surface area contributed by atoms with Gasteiger partial charge in [0.1, 0.15) is 16.0 Å². The Balaban J connectivity index is 2.32. The molecule has 1 aromatic carbocycles. The average molecular weight is 274 g/mol. The molecule has 0 atom stereocenters. The maximum Gasteiger partial charge on any atom is 0.307 e. The highest BCUT2D eigenvalue weighted by atomic mass is 32.2. The summed E-state index contributed by atoms with van der Waals surface area (Å²) < 4.78 is 42.3. The van der Waals surface area contributed by atoms with E-state index in [1.807, 2.05) is 0 Å². The van der Waals surface area contributed by atoms with Gasteiger partial charge < -0.3 is 9.84 Å². The highest BCUT2D eigenvalue weighted by Crippen LogP contribution is 2.24. The second-order valence-corrected chi connectivity index (χ2v) is 6.24. The Hall–Kier alpha value is -1.47. The molecule has 0 saturated carbocycles. The number of hydrogen-bond acceptors (Lipinski definition) is 4. The fourth-order valence-electron chi connectivity index (χ4n) is 1.63. The van der Waals surface area contributed by atoms with Crippen molar-refractivity contribution in [2.24, 2.45) is 0 Å². The minimum Gasteiger partial charge on any atom is -0.481 e. The number of aliphatic carboxylic acids is 1. The summed E-state index contributed by atoms with van der Waals surface area (Å²) in [6.45, 7) is 0.136. The van der Waals surface area contributed by atoms with Crippen molar-refractivity contribution in [2.45, 2.75) is 16.6 Å². The summed E-state index contributed by atoms with van der Waals surface area (Å²) in [5, 5.41) is 7.85. The zero-order valence-electron chi connectivity index (χ0n) is 9.30. The van der Waals surface area contributed by atoms with Crippen LogP contribution < -0.4 is 0 Å². The monoisotopic (exact) mass is 274 g/mol. The van der Waals surface area contributed by atoms with Gasteiger partial charge in [0.15, 0.2) is 9.84 Å². The van der Waals surface area contributed by atoms with E-state index in [0.717, 1.165) is 12.1 Å². The number of carboxylic acid groups (broad SMARTS) is 1. The molecule has 0 bridgehead atoms. The zero-order chi connectivity index (χ0) is 13.3. The third kappa shape index (κ3) is 2.37. The number of rotatable bonds is 4. The lowest BCUT2D eigenvalue weighted by Gasteiger charge is -2.25. The molecule has 1 N–H and O–H groups in total. The van der Waals surface area contributed by atoms with Crippen LogP contribution in [0.1, 0.15) is 5.56 Å². The van der Waals surface area contributed by atoms with E-state index >= 15 is 0 Å². The van der Waals surface area contributed by atoms with Crippen LogP contribution in [0.15, 0.2) is 23.1 Å². The van der Waals surface area contributed by atoms with Gasteiger partial charge in [0.25, 0.3) is 0 Å². The molecule has 5 nitrogen and oxygen atoms in total. The summed E-state index contributed by atoms with van der Waals surface area (Å²) >= 11 is 0. The second kappa shape index (κ2) is 4.66. The summed E-state index contributed by atoms with van der Waals surface area (Å²) in [5.41, 5.74) is 0.226. The molecule has 1 aliphatic heterocycles. The van der Waals surface area contributed by atoms with Crippen LogP contribution in [-0.2, 0) is 25.8 Å². The molecule has 0 radical (unpaired) electrons. The Morgan fingerprint density at radius 3 is 2.56 bits per heavy atom. The molecule has 1 aromatic rings. The first kappa shape index (κ1) is 13.0. The summed E-state index contributed by atoms with van der Waals surface area (Å²) in [4.78, 5) is 10.1. The van der Waals surface area contributed by atoms with E-state index < -0.39 is 31.8 Å². The molecule has 0 spiro atoms. The van der Waals surface area contributed by atoms with Crippen molar-refractivity contribution in [1.82, 2.24) is 0 Å².